The molecular weight excluding hydrogens is 424 g/mol. The van der Waals surface area contributed by atoms with Crippen LogP contribution in [0.1, 0.15) is 34.8 Å². The van der Waals surface area contributed by atoms with Gasteiger partial charge in [0, 0.05) is 31.7 Å². The topological polar surface area (TPSA) is 85.4 Å². The van der Waals surface area contributed by atoms with Crippen LogP contribution in [0.4, 0.5) is 4.79 Å². The van der Waals surface area contributed by atoms with Crippen LogP contribution in [0.5, 0.6) is 11.5 Å². The summed E-state index contributed by atoms with van der Waals surface area (Å²) in [5.41, 5.74) is 2.63. The molecule has 0 aliphatic carbocycles. The van der Waals surface area contributed by atoms with Crippen LogP contribution in [0.25, 0.3) is 0 Å². The third-order valence-corrected chi connectivity index (χ3v) is 5.61. The second-order valence-electron chi connectivity index (χ2n) is 7.82. The lowest BCUT2D eigenvalue weighted by atomic mass is 10.1. The van der Waals surface area contributed by atoms with E-state index < -0.39 is 6.16 Å². The van der Waals surface area contributed by atoms with E-state index in [1.54, 1.807) is 41.0 Å². The molecule has 2 aromatic rings. The van der Waals surface area contributed by atoms with Gasteiger partial charge in [-0.2, -0.15) is 0 Å². The molecule has 8 nitrogen and oxygen atoms in total. The molecule has 1 aliphatic rings. The number of amides is 2. The zero-order valence-electron chi connectivity index (χ0n) is 19.3. The Labute approximate surface area is 194 Å². The van der Waals surface area contributed by atoms with E-state index in [0.717, 1.165) is 11.1 Å². The summed E-state index contributed by atoms with van der Waals surface area (Å²) >= 11 is 0. The van der Waals surface area contributed by atoms with E-state index in [0.29, 0.717) is 49.7 Å². The predicted molar refractivity (Wildman–Crippen MR) is 123 cm³/mol. The third kappa shape index (κ3) is 6.47. The van der Waals surface area contributed by atoms with Gasteiger partial charge in [-0.3, -0.25) is 9.59 Å². The molecule has 0 atom stereocenters. The number of hydrogen-bond acceptors (Lipinski definition) is 6. The number of carbonyl (C=O) groups is 3. The molecule has 3 rings (SSSR count). The first-order valence-electron chi connectivity index (χ1n) is 11.1. The molecule has 176 valence electrons. The molecule has 0 saturated carbocycles. The number of hydrogen-bond donors (Lipinski definition) is 0. The summed E-state index contributed by atoms with van der Waals surface area (Å²) in [5, 5.41) is 0. The Morgan fingerprint density at radius 3 is 2.33 bits per heavy atom. The zero-order chi connectivity index (χ0) is 23.8. The van der Waals surface area contributed by atoms with Crippen molar-refractivity contribution in [1.82, 2.24) is 9.80 Å². The van der Waals surface area contributed by atoms with Gasteiger partial charge in [-0.05, 0) is 68.7 Å². The fourth-order valence-corrected chi connectivity index (χ4v) is 3.57. The first-order valence-corrected chi connectivity index (χ1v) is 11.1. The molecule has 1 saturated heterocycles. The van der Waals surface area contributed by atoms with E-state index >= 15 is 0 Å². The Kier molecular flexibility index (Phi) is 8.29. The normalized spacial score (nSPS) is 13.8. The summed E-state index contributed by atoms with van der Waals surface area (Å²) in [6.45, 7) is 7.89. The maximum Gasteiger partial charge on any atom is 0.513 e. The van der Waals surface area contributed by atoms with E-state index in [2.05, 4.69) is 0 Å². The van der Waals surface area contributed by atoms with Crippen molar-refractivity contribution in [2.75, 3.05) is 39.4 Å². The lowest BCUT2D eigenvalue weighted by Crippen LogP contribution is -2.39. The van der Waals surface area contributed by atoms with Crippen molar-refractivity contribution in [2.24, 2.45) is 0 Å². The average Bonchev–Trinajstić information content (AvgIpc) is 3.06. The van der Waals surface area contributed by atoms with Gasteiger partial charge in [-0.1, -0.05) is 12.1 Å². The Balaban J connectivity index is 1.52. The summed E-state index contributed by atoms with van der Waals surface area (Å²) in [6, 6.07) is 12.1. The van der Waals surface area contributed by atoms with Gasteiger partial charge in [0.25, 0.3) is 11.8 Å². The van der Waals surface area contributed by atoms with Gasteiger partial charge in [-0.15, -0.1) is 0 Å². The van der Waals surface area contributed by atoms with Crippen molar-refractivity contribution in [3.8, 4) is 11.5 Å². The molecule has 2 aromatic carbocycles. The Bertz CT molecular complexity index is 989. The molecule has 33 heavy (non-hydrogen) atoms. The number of benzene rings is 2. The lowest BCUT2D eigenvalue weighted by molar-refractivity contribution is -0.133. The van der Waals surface area contributed by atoms with Gasteiger partial charge in [0.1, 0.15) is 11.5 Å². The van der Waals surface area contributed by atoms with Crippen LogP contribution in [0, 0.1) is 13.8 Å². The van der Waals surface area contributed by atoms with E-state index in [1.807, 2.05) is 32.0 Å². The molecule has 0 aromatic heterocycles. The fourth-order valence-electron chi connectivity index (χ4n) is 3.57. The quantitative estimate of drug-likeness (QED) is 0.490. The minimum Gasteiger partial charge on any atom is -0.483 e. The summed E-state index contributed by atoms with van der Waals surface area (Å²) < 4.78 is 15.5. The van der Waals surface area contributed by atoms with Crippen molar-refractivity contribution in [1.29, 1.82) is 0 Å². The highest BCUT2D eigenvalue weighted by atomic mass is 16.7. The molecule has 1 aliphatic heterocycles. The van der Waals surface area contributed by atoms with Crippen molar-refractivity contribution < 1.29 is 28.6 Å². The fraction of sp³-hybridized carbons (Fsp3) is 0.400. The molecule has 0 unspecified atom stereocenters. The summed E-state index contributed by atoms with van der Waals surface area (Å²) in [5.74, 6) is 0.802. The van der Waals surface area contributed by atoms with Crippen LogP contribution in [-0.4, -0.2) is 67.2 Å². The van der Waals surface area contributed by atoms with Crippen LogP contribution in [-0.2, 0) is 9.53 Å². The maximum atomic E-state index is 12.9. The first kappa shape index (κ1) is 24.1. The van der Waals surface area contributed by atoms with Crippen LogP contribution in [0.3, 0.4) is 0 Å². The molecule has 8 heteroatoms. The van der Waals surface area contributed by atoms with Crippen molar-refractivity contribution in [2.45, 2.75) is 27.2 Å². The number of carbonyl (C=O) groups excluding carboxylic acids is 3. The molecule has 0 bridgehead atoms. The summed E-state index contributed by atoms with van der Waals surface area (Å²) in [6.07, 6.45) is -0.0965. The molecule has 0 radical (unpaired) electrons. The SMILES string of the molecule is CCOC(=O)Oc1ccc(C(=O)N2CCCN(C(=O)COc3cccc(C)c3C)CC2)cc1. The second kappa shape index (κ2) is 11.4. The van der Waals surface area contributed by atoms with Gasteiger partial charge in [0.05, 0.1) is 6.61 Å². The van der Waals surface area contributed by atoms with Crippen LogP contribution >= 0.6 is 0 Å². The second-order valence-corrected chi connectivity index (χ2v) is 7.82. The van der Waals surface area contributed by atoms with E-state index in [-0.39, 0.29) is 25.0 Å². The maximum absolute atomic E-state index is 12.9. The minimum atomic E-state index is -0.782. The molecule has 0 N–H and O–H groups in total. The van der Waals surface area contributed by atoms with E-state index in [1.165, 1.54) is 0 Å². The van der Waals surface area contributed by atoms with Crippen molar-refractivity contribution >= 4 is 18.0 Å². The van der Waals surface area contributed by atoms with Crippen molar-refractivity contribution in [3.63, 3.8) is 0 Å². The molecule has 2 amide bonds. The highest BCUT2D eigenvalue weighted by Crippen LogP contribution is 2.21. The first-order chi connectivity index (χ1) is 15.9. The lowest BCUT2D eigenvalue weighted by Gasteiger charge is -2.22. The summed E-state index contributed by atoms with van der Waals surface area (Å²) in [7, 11) is 0. The molecule has 0 spiro atoms. The Morgan fingerprint density at radius 2 is 1.61 bits per heavy atom. The van der Waals surface area contributed by atoms with Gasteiger partial charge in [0.2, 0.25) is 0 Å². The Hall–Kier alpha value is -3.55. The van der Waals surface area contributed by atoms with Crippen molar-refractivity contribution in [3.05, 3.63) is 59.2 Å². The Morgan fingerprint density at radius 1 is 0.909 bits per heavy atom. The zero-order valence-corrected chi connectivity index (χ0v) is 19.3. The van der Waals surface area contributed by atoms with Gasteiger partial charge in [0.15, 0.2) is 6.61 Å². The van der Waals surface area contributed by atoms with E-state index in [9.17, 15) is 14.4 Å². The highest BCUT2D eigenvalue weighted by Gasteiger charge is 2.23. The number of nitrogens with zero attached hydrogens (tertiary/aromatic N) is 2. The summed E-state index contributed by atoms with van der Waals surface area (Å²) in [4.78, 5) is 40.5. The highest BCUT2D eigenvalue weighted by molar-refractivity contribution is 5.94. The largest absolute Gasteiger partial charge is 0.513 e. The van der Waals surface area contributed by atoms with Crippen LogP contribution in [0.15, 0.2) is 42.5 Å². The minimum absolute atomic E-state index is 0.0276. The average molecular weight is 455 g/mol. The predicted octanol–water partition coefficient (Wildman–Crippen LogP) is 3.59. The third-order valence-electron chi connectivity index (χ3n) is 5.61. The monoisotopic (exact) mass is 454 g/mol. The van der Waals surface area contributed by atoms with Crippen LogP contribution < -0.4 is 9.47 Å². The molecular formula is C25H30N2O6. The van der Waals surface area contributed by atoms with E-state index in [4.69, 9.17) is 14.2 Å². The molecule has 1 heterocycles. The number of ether oxygens (including phenoxy) is 3. The van der Waals surface area contributed by atoms with Gasteiger partial charge >= 0.3 is 6.16 Å². The molecule has 1 fully saturated rings. The number of rotatable bonds is 6. The standard InChI is InChI=1S/C25H30N2O6/c1-4-31-25(30)33-21-11-9-20(10-12-21)24(29)27-14-6-13-26(15-16-27)23(28)17-32-22-8-5-7-18(2)19(22)3/h5,7-12H,4,6,13-17H2,1-3H3. The smallest absolute Gasteiger partial charge is 0.483 e. The van der Waals surface area contributed by atoms with Gasteiger partial charge in [-0.25, -0.2) is 4.79 Å². The van der Waals surface area contributed by atoms with Gasteiger partial charge < -0.3 is 24.0 Å². The van der Waals surface area contributed by atoms with Crippen LogP contribution in [0.2, 0.25) is 0 Å². The number of aryl methyl sites for hydroxylation is 1.